The van der Waals surface area contributed by atoms with E-state index in [-0.39, 0.29) is 47.1 Å². The van der Waals surface area contributed by atoms with Crippen LogP contribution >= 0.6 is 19.8 Å². The quantitative estimate of drug-likeness (QED) is 0.0160. The number of hydrogen-bond donors (Lipinski definition) is 7. The summed E-state index contributed by atoms with van der Waals surface area (Å²) >= 11 is 5.27. The molecule has 96 heavy (non-hydrogen) atoms. The van der Waals surface area contributed by atoms with Crippen molar-refractivity contribution >= 4 is 48.4 Å². The summed E-state index contributed by atoms with van der Waals surface area (Å²) in [5.41, 5.74) is 12.8. The number of nitrogens with two attached hydrogens (primary N) is 1. The van der Waals surface area contributed by atoms with E-state index in [0.29, 0.717) is 87.2 Å². The minimum Gasteiger partial charge on any atom is -0.379 e. The van der Waals surface area contributed by atoms with E-state index < -0.39 is 13.6 Å². The molecule has 2 unspecified atom stereocenters. The number of carbonyl (C=O) groups excluding carboxylic acids is 4. The second kappa shape index (κ2) is 54.3. The molecule has 3 amide bonds. The van der Waals surface area contributed by atoms with Gasteiger partial charge in [0, 0.05) is 57.2 Å². The van der Waals surface area contributed by atoms with Crippen LogP contribution in [0.25, 0.3) is 0 Å². The van der Waals surface area contributed by atoms with Crippen LogP contribution in [0.5, 0.6) is 0 Å². The van der Waals surface area contributed by atoms with E-state index in [1.807, 2.05) is 39.8 Å². The van der Waals surface area contributed by atoms with Gasteiger partial charge in [0.1, 0.15) is 12.4 Å². The fraction of sp³-hybridized carbons (Fsp3) is 0.709. The average Bonchev–Trinajstić information content (AvgIpc) is 0.902. The molecule has 17 heteroatoms. The van der Waals surface area contributed by atoms with Crippen molar-refractivity contribution in [2.45, 2.75) is 254 Å². The molecule has 3 aromatic rings. The molecule has 0 aliphatic heterocycles. The number of amides is 3. The number of unbranched alkanes of at least 4 members (excludes halogenated alkanes) is 2. The lowest BCUT2D eigenvalue weighted by atomic mass is 9.73. The molecule has 0 aliphatic rings. The van der Waals surface area contributed by atoms with Gasteiger partial charge < -0.3 is 51.2 Å². The van der Waals surface area contributed by atoms with Crippen LogP contribution in [0.15, 0.2) is 72.8 Å². The van der Waals surface area contributed by atoms with Gasteiger partial charge in [-0.3, -0.25) is 18.9 Å². The molecule has 8 N–H and O–H groups in total. The Hall–Kier alpha value is -4.54. The maximum atomic E-state index is 12.1. The largest absolute Gasteiger partial charge is 0.379 e. The molecule has 0 heterocycles. The smallest absolute Gasteiger partial charge is 0.330 e. The van der Waals surface area contributed by atoms with Crippen molar-refractivity contribution in [1.29, 1.82) is 0 Å². The Bertz CT molecular complexity index is 2460. The summed E-state index contributed by atoms with van der Waals surface area (Å²) in [5, 5.41) is 15.9. The Balaban J connectivity index is 0. The van der Waals surface area contributed by atoms with Crippen LogP contribution in [0.4, 0.5) is 4.79 Å². The SMILES string of the molecule is CC(C)C(=O)COCCOCCCC(=O)C(N)C(C)(C)C(C)C.CC(C)CCCCCOP(=O)(O)C(C)C.CC(C)CCNC(=O)NCc1ccc(CC(C)C)cc1.CC(C)CCNC(=O)c1ccc(CC(C)C)cc1.CC(C)CCNC(=S)NCc1ccc(CC(C)C)cc1. The van der Waals surface area contributed by atoms with E-state index in [4.69, 9.17) is 31.9 Å². The van der Waals surface area contributed by atoms with Gasteiger partial charge in [-0.05, 0) is 156 Å². The molecule has 3 rings (SSSR count). The molecule has 0 fully saturated rings. The van der Waals surface area contributed by atoms with E-state index in [1.54, 1.807) is 13.8 Å². The molecule has 0 saturated heterocycles. The van der Waals surface area contributed by atoms with E-state index in [2.05, 4.69) is 198 Å². The van der Waals surface area contributed by atoms with E-state index in [0.717, 1.165) is 99.7 Å². The summed E-state index contributed by atoms with van der Waals surface area (Å²) in [6.07, 6.45) is 11.9. The summed E-state index contributed by atoms with van der Waals surface area (Å²) in [6.45, 7) is 51.8. The summed E-state index contributed by atoms with van der Waals surface area (Å²) in [5.74, 6) is 5.28. The van der Waals surface area contributed by atoms with Crippen LogP contribution < -0.4 is 32.3 Å². The molecule has 15 nitrogen and oxygen atoms in total. The number of thiocarbonyl (C=S) groups is 1. The lowest BCUT2D eigenvalue weighted by Gasteiger charge is -2.34. The lowest BCUT2D eigenvalue weighted by molar-refractivity contribution is -0.127. The van der Waals surface area contributed by atoms with Crippen molar-refractivity contribution in [2.24, 2.45) is 64.4 Å². The second-order valence-electron chi connectivity index (χ2n) is 30.2. The minimum atomic E-state index is -3.33. The molecule has 0 aliphatic carbocycles. The van der Waals surface area contributed by atoms with Crippen LogP contribution in [0.1, 0.15) is 248 Å². The van der Waals surface area contributed by atoms with Gasteiger partial charge in [0.15, 0.2) is 10.9 Å². The van der Waals surface area contributed by atoms with Crippen molar-refractivity contribution < 1.29 is 42.6 Å². The van der Waals surface area contributed by atoms with Gasteiger partial charge in [0.2, 0.25) is 0 Å². The molecule has 3 aromatic carbocycles. The van der Waals surface area contributed by atoms with Crippen LogP contribution in [0.3, 0.4) is 0 Å². The highest BCUT2D eigenvalue weighted by molar-refractivity contribution is 7.80. The highest BCUT2D eigenvalue weighted by Gasteiger charge is 2.34. The van der Waals surface area contributed by atoms with Crippen molar-refractivity contribution in [3.8, 4) is 0 Å². The Labute approximate surface area is 592 Å². The third-order valence-electron chi connectivity index (χ3n) is 16.1. The maximum Gasteiger partial charge on any atom is 0.330 e. The molecule has 0 aromatic heterocycles. The third-order valence-corrected chi connectivity index (χ3v) is 18.2. The first kappa shape index (κ1) is 93.5. The van der Waals surface area contributed by atoms with E-state index in [1.165, 1.54) is 35.1 Å². The maximum absolute atomic E-state index is 12.1. The van der Waals surface area contributed by atoms with E-state index >= 15 is 0 Å². The van der Waals surface area contributed by atoms with E-state index in [9.17, 15) is 28.6 Å². The highest BCUT2D eigenvalue weighted by atomic mass is 32.1. The molecule has 552 valence electrons. The van der Waals surface area contributed by atoms with Gasteiger partial charge in [-0.2, -0.15) is 0 Å². The number of ketones is 2. The Kier molecular flexibility index (Phi) is 52.9. The second-order valence-corrected chi connectivity index (χ2v) is 33.0. The first-order valence-corrected chi connectivity index (χ1v) is 38.4. The summed E-state index contributed by atoms with van der Waals surface area (Å²) in [4.78, 5) is 56.3. The molecular formula is C79H141N6O9PS. The average molecular weight is 1380 g/mol. The number of benzene rings is 3. The Morgan fingerprint density at radius 2 is 0.896 bits per heavy atom. The zero-order chi connectivity index (χ0) is 73.4. The predicted molar refractivity (Wildman–Crippen MR) is 410 cm³/mol. The molecule has 0 spiro atoms. The first-order valence-electron chi connectivity index (χ1n) is 36.4. The third kappa shape index (κ3) is 51.6. The zero-order valence-electron chi connectivity index (χ0n) is 64.5. The van der Waals surface area contributed by atoms with Crippen LogP contribution in [-0.2, 0) is 60.5 Å². The summed E-state index contributed by atoms with van der Waals surface area (Å²) in [6, 6.07) is 24.7. The Morgan fingerprint density at radius 1 is 0.479 bits per heavy atom. The van der Waals surface area contributed by atoms with Crippen LogP contribution in [-0.4, -0.2) is 97.9 Å². The van der Waals surface area contributed by atoms with Crippen molar-refractivity contribution in [3.05, 3.63) is 106 Å². The van der Waals surface area contributed by atoms with Crippen LogP contribution in [0, 0.1) is 58.7 Å². The van der Waals surface area contributed by atoms with Crippen molar-refractivity contribution in [1.82, 2.24) is 26.6 Å². The van der Waals surface area contributed by atoms with Crippen molar-refractivity contribution in [2.75, 3.05) is 52.7 Å². The molecule has 0 radical (unpaired) electrons. The monoisotopic (exact) mass is 1380 g/mol. The highest BCUT2D eigenvalue weighted by Crippen LogP contribution is 2.47. The number of Topliss-reactive ketones (excluding diaryl/α,β-unsaturated/α-hetero) is 2. The molecule has 2 atom stereocenters. The first-order chi connectivity index (χ1) is 44.9. The molecular weight excluding hydrogens is 1240 g/mol. The number of urea groups is 1. The fourth-order valence-electron chi connectivity index (χ4n) is 8.82. The number of ether oxygens (including phenoxy) is 2. The van der Waals surface area contributed by atoms with Gasteiger partial charge in [0.05, 0.1) is 31.5 Å². The van der Waals surface area contributed by atoms with Gasteiger partial charge in [-0.15, -0.1) is 0 Å². The molecule has 0 saturated carbocycles. The van der Waals surface area contributed by atoms with Crippen LogP contribution in [0.2, 0.25) is 0 Å². The summed E-state index contributed by atoms with van der Waals surface area (Å²) in [7, 11) is -3.33. The minimum absolute atomic E-state index is 0.00114. The predicted octanol–water partition coefficient (Wildman–Crippen LogP) is 17.7. The van der Waals surface area contributed by atoms with Gasteiger partial charge in [-0.1, -0.05) is 232 Å². The Morgan fingerprint density at radius 3 is 1.32 bits per heavy atom. The molecule has 0 bridgehead atoms. The number of rotatable bonds is 41. The van der Waals surface area contributed by atoms with Gasteiger partial charge in [-0.25, -0.2) is 4.79 Å². The normalized spacial score (nSPS) is 12.4. The fourth-order valence-corrected chi connectivity index (χ4v) is 9.68. The zero-order valence-corrected chi connectivity index (χ0v) is 66.2. The van der Waals surface area contributed by atoms with Gasteiger partial charge >= 0.3 is 13.6 Å². The number of nitrogens with one attached hydrogen (secondary N) is 5. The topological polar surface area (TPSA) is 219 Å². The number of hydrogen-bond acceptors (Lipinski definition) is 10. The van der Waals surface area contributed by atoms with Crippen molar-refractivity contribution in [3.63, 3.8) is 0 Å². The standard InChI is InChI=1S/C18H35NO4.C17H28N2O.C17H28N2S.C16H25NO.C11H25O3P/c1-13(2)16(21)12-23-11-10-22-9-7-8-15(20)17(19)18(5,6)14(3)4;2*1-13(2)9-10-18-17(20)19-12-16-7-5-15(6-8-16)11-14(3)4;1-12(2)9-10-17-16(18)15-7-5-14(6-8-15)11-13(3)4;1-10(2)8-6-5-7-9-14-15(12,13)11(3)4/h13-14,17H,7-12,19H2,1-6H3;2*5-8,13-14H,9-12H2,1-4H3,(H2,18,19,20);5-8,12-13H,9-11H2,1-4H3,(H,17,18);10-11H,5-9H2,1-4H3,(H,12,13). The number of carbonyl (C=O) groups is 4. The lowest BCUT2D eigenvalue weighted by Crippen LogP contribution is -2.46. The van der Waals surface area contributed by atoms with Gasteiger partial charge in [0.25, 0.3) is 5.91 Å². The summed E-state index contributed by atoms with van der Waals surface area (Å²) < 4.78 is 27.0.